The van der Waals surface area contributed by atoms with Crippen LogP contribution >= 0.6 is 0 Å². The van der Waals surface area contributed by atoms with Crippen LogP contribution in [0, 0.1) is 0 Å². The fraction of sp³-hybridized carbons (Fsp3) is 0. The fourth-order valence-corrected chi connectivity index (χ4v) is 9.33. The molecule has 55 heavy (non-hydrogen) atoms. The van der Waals surface area contributed by atoms with Crippen LogP contribution in [0.25, 0.3) is 110 Å². The first-order valence-electron chi connectivity index (χ1n) is 18.7. The van der Waals surface area contributed by atoms with Gasteiger partial charge in [0.15, 0.2) is 5.58 Å². The molecular weight excluding hydrogens is 675 g/mol. The van der Waals surface area contributed by atoms with Crippen LogP contribution in [0.1, 0.15) is 0 Å². The Bertz CT molecular complexity index is 3630. The molecule has 0 amide bonds. The first kappa shape index (κ1) is 28.9. The van der Waals surface area contributed by atoms with Gasteiger partial charge in [-0.25, -0.2) is 4.98 Å². The molecule has 0 aliphatic carbocycles. The summed E-state index contributed by atoms with van der Waals surface area (Å²) in [4.78, 5) is 5.24. The van der Waals surface area contributed by atoms with Crippen LogP contribution in [-0.2, 0) is 0 Å². The van der Waals surface area contributed by atoms with E-state index in [0.717, 1.165) is 88.9 Å². The summed E-state index contributed by atoms with van der Waals surface area (Å²) in [7, 11) is 0. The molecule has 0 bridgehead atoms. The van der Waals surface area contributed by atoms with Gasteiger partial charge in [0, 0.05) is 32.6 Å². The number of imidazole rings is 2. The van der Waals surface area contributed by atoms with Crippen molar-refractivity contribution in [1.29, 1.82) is 0 Å². The third kappa shape index (κ3) is 3.75. The third-order valence-corrected chi connectivity index (χ3v) is 11.5. The van der Waals surface area contributed by atoms with Gasteiger partial charge in [0.05, 0.1) is 60.9 Å². The molecule has 0 unspecified atom stereocenters. The summed E-state index contributed by atoms with van der Waals surface area (Å²) < 4.78 is 16.5. The molecule has 5 aromatic heterocycles. The van der Waals surface area contributed by atoms with E-state index >= 15 is 0 Å². The van der Waals surface area contributed by atoms with Crippen LogP contribution in [-0.4, -0.2) is 23.1 Å². The Kier molecular flexibility index (Phi) is 5.54. The van der Waals surface area contributed by atoms with Gasteiger partial charge in [-0.1, -0.05) is 103 Å². The van der Waals surface area contributed by atoms with E-state index in [1.165, 1.54) is 21.5 Å². The second kappa shape index (κ2) is 10.5. The molecular formula is C49H29N5O. The zero-order valence-corrected chi connectivity index (χ0v) is 29.4. The van der Waals surface area contributed by atoms with Gasteiger partial charge in [0.2, 0.25) is 5.78 Å². The largest absolute Gasteiger partial charge is 0.454 e. The molecule has 0 N–H and O–H groups in total. The van der Waals surface area contributed by atoms with Crippen molar-refractivity contribution in [3.05, 3.63) is 176 Å². The Labute approximate surface area is 312 Å². The van der Waals surface area contributed by atoms with Crippen molar-refractivity contribution in [3.8, 4) is 17.1 Å². The molecule has 6 nitrogen and oxygen atoms in total. The lowest BCUT2D eigenvalue weighted by Crippen LogP contribution is -2.00. The van der Waals surface area contributed by atoms with Crippen LogP contribution in [0.5, 0.6) is 0 Å². The molecule has 0 spiro atoms. The second-order valence-corrected chi connectivity index (χ2v) is 14.4. The van der Waals surface area contributed by atoms with Crippen molar-refractivity contribution >= 4 is 93.4 Å². The topological polar surface area (TPSA) is 45.2 Å². The van der Waals surface area contributed by atoms with E-state index < -0.39 is 0 Å². The summed E-state index contributed by atoms with van der Waals surface area (Å²) in [5, 5.41) is 6.94. The average Bonchev–Trinajstić information content (AvgIpc) is 4.04. The van der Waals surface area contributed by atoms with Gasteiger partial charge in [-0.15, -0.1) is 0 Å². The van der Waals surface area contributed by atoms with Gasteiger partial charge in [-0.3, -0.25) is 8.97 Å². The maximum Gasteiger partial charge on any atom is 0.220 e. The highest BCUT2D eigenvalue weighted by Gasteiger charge is 2.25. The van der Waals surface area contributed by atoms with Gasteiger partial charge in [0.1, 0.15) is 5.58 Å². The van der Waals surface area contributed by atoms with Gasteiger partial charge in [0.25, 0.3) is 0 Å². The standard InChI is InChI=1S/C49H29N5O/c1-6-19-37-31(14-1)32-15-2-7-20-38(32)51(37)30-28-35-47-44(54-43-25-12-11-24-42(43)53-41-23-10-5-18-36(41)50-49(53)54)26-13-27-46(47)55-48(35)45(29-30)52-39-21-8-3-16-33(39)34-17-4-9-22-40(34)52/h1-29H. The lowest BCUT2D eigenvalue weighted by atomic mass is 10.1. The normalized spacial score (nSPS) is 12.4. The minimum absolute atomic E-state index is 0.820. The molecule has 0 atom stereocenters. The zero-order chi connectivity index (χ0) is 35.8. The number of furan rings is 1. The molecule has 256 valence electrons. The van der Waals surface area contributed by atoms with Crippen LogP contribution in [0.2, 0.25) is 0 Å². The van der Waals surface area contributed by atoms with Crippen molar-refractivity contribution in [2.24, 2.45) is 0 Å². The minimum atomic E-state index is 0.820. The number of para-hydroxylation sites is 8. The first-order chi connectivity index (χ1) is 27.3. The Balaban J connectivity index is 1.23. The van der Waals surface area contributed by atoms with Gasteiger partial charge in [-0.2, -0.15) is 0 Å². The third-order valence-electron chi connectivity index (χ3n) is 11.5. The van der Waals surface area contributed by atoms with E-state index in [4.69, 9.17) is 9.40 Å². The highest BCUT2D eigenvalue weighted by Crippen LogP contribution is 2.44. The van der Waals surface area contributed by atoms with E-state index in [1.54, 1.807) is 0 Å². The molecule has 0 radical (unpaired) electrons. The van der Waals surface area contributed by atoms with E-state index in [2.05, 4.69) is 194 Å². The molecule has 6 heteroatoms. The molecule has 5 heterocycles. The monoisotopic (exact) mass is 703 g/mol. The van der Waals surface area contributed by atoms with E-state index in [9.17, 15) is 0 Å². The Hall–Kier alpha value is -7.57. The Morgan fingerprint density at radius 3 is 1.55 bits per heavy atom. The molecule has 13 rings (SSSR count). The van der Waals surface area contributed by atoms with Crippen molar-refractivity contribution in [2.75, 3.05) is 0 Å². The number of rotatable bonds is 3. The highest BCUT2D eigenvalue weighted by molar-refractivity contribution is 6.16. The number of aromatic nitrogens is 5. The number of fused-ring (bicyclic) bond motifs is 14. The van der Waals surface area contributed by atoms with Crippen molar-refractivity contribution < 1.29 is 4.42 Å². The SMILES string of the molecule is c1ccc2c(c1)nc1n(-c3cccc4oc5c(-n6c7ccccc7c7ccccc76)cc(-n6c7ccccc7c7ccccc76)cc5c34)c3ccccc3n21. The number of hydrogen-bond acceptors (Lipinski definition) is 2. The molecule has 8 aromatic carbocycles. The molecule has 0 aliphatic rings. The first-order valence-corrected chi connectivity index (χ1v) is 18.7. The van der Waals surface area contributed by atoms with Crippen molar-refractivity contribution in [2.45, 2.75) is 0 Å². The molecule has 13 aromatic rings. The molecule has 0 saturated carbocycles. The number of hydrogen-bond donors (Lipinski definition) is 0. The molecule has 0 fully saturated rings. The maximum atomic E-state index is 7.10. The molecule has 0 aliphatic heterocycles. The van der Waals surface area contributed by atoms with E-state index in [0.29, 0.717) is 0 Å². The van der Waals surface area contributed by atoms with Crippen molar-refractivity contribution in [3.63, 3.8) is 0 Å². The summed E-state index contributed by atoms with van der Waals surface area (Å²) in [6.45, 7) is 0. The Morgan fingerprint density at radius 1 is 0.382 bits per heavy atom. The van der Waals surface area contributed by atoms with Crippen molar-refractivity contribution in [1.82, 2.24) is 23.1 Å². The summed E-state index contributed by atoms with van der Waals surface area (Å²) in [6, 6.07) is 62.8. The number of nitrogens with zero attached hydrogens (tertiary/aromatic N) is 5. The van der Waals surface area contributed by atoms with Gasteiger partial charge in [-0.05, 0) is 72.8 Å². The van der Waals surface area contributed by atoms with Crippen LogP contribution in [0.4, 0.5) is 0 Å². The minimum Gasteiger partial charge on any atom is -0.454 e. The fourth-order valence-electron chi connectivity index (χ4n) is 9.33. The predicted molar refractivity (Wildman–Crippen MR) is 225 cm³/mol. The maximum absolute atomic E-state index is 7.10. The summed E-state index contributed by atoms with van der Waals surface area (Å²) in [6.07, 6.45) is 0. The Morgan fingerprint density at radius 2 is 0.909 bits per heavy atom. The lowest BCUT2D eigenvalue weighted by molar-refractivity contribution is 0.666. The second-order valence-electron chi connectivity index (χ2n) is 14.4. The average molecular weight is 704 g/mol. The van der Waals surface area contributed by atoms with Crippen LogP contribution in [0.3, 0.4) is 0 Å². The highest BCUT2D eigenvalue weighted by atomic mass is 16.3. The van der Waals surface area contributed by atoms with E-state index in [1.807, 2.05) is 0 Å². The van der Waals surface area contributed by atoms with Gasteiger partial charge < -0.3 is 13.6 Å². The smallest absolute Gasteiger partial charge is 0.220 e. The summed E-state index contributed by atoms with van der Waals surface area (Å²) >= 11 is 0. The van der Waals surface area contributed by atoms with E-state index in [-0.39, 0.29) is 0 Å². The zero-order valence-electron chi connectivity index (χ0n) is 29.4. The van der Waals surface area contributed by atoms with Crippen LogP contribution < -0.4 is 0 Å². The van der Waals surface area contributed by atoms with Gasteiger partial charge >= 0.3 is 0 Å². The van der Waals surface area contributed by atoms with Crippen LogP contribution in [0.15, 0.2) is 180 Å². The number of benzene rings is 8. The summed E-state index contributed by atoms with van der Waals surface area (Å²) in [5.41, 5.74) is 13.5. The predicted octanol–water partition coefficient (Wildman–Crippen LogP) is 12.5. The summed E-state index contributed by atoms with van der Waals surface area (Å²) in [5.74, 6) is 0.866. The lowest BCUT2D eigenvalue weighted by Gasteiger charge is -2.14. The quantitative estimate of drug-likeness (QED) is 0.184. The molecule has 0 saturated heterocycles.